The van der Waals surface area contributed by atoms with Crippen molar-refractivity contribution in [1.82, 2.24) is 0 Å². The van der Waals surface area contributed by atoms with E-state index in [1.807, 2.05) is 0 Å². The fraction of sp³-hybridized carbons (Fsp3) is 0. The summed E-state index contributed by atoms with van der Waals surface area (Å²) in [6.45, 7) is 0. The number of nitrogens with zero attached hydrogens (tertiary/aromatic N) is 3. The first kappa shape index (κ1) is 29.2. The van der Waals surface area contributed by atoms with E-state index >= 15 is 0 Å². The fourth-order valence-corrected chi connectivity index (χ4v) is 0. The molecule has 0 rings (SSSR count). The molecule has 14 heteroatoms. The van der Waals surface area contributed by atoms with Crippen LogP contribution < -0.4 is 29.6 Å². The van der Waals surface area contributed by atoms with Gasteiger partial charge in [-0.05, 0) is 0 Å². The van der Waals surface area contributed by atoms with Gasteiger partial charge in [-0.25, -0.2) is 0 Å². The van der Waals surface area contributed by atoms with E-state index in [-0.39, 0.29) is 46.6 Å². The van der Waals surface area contributed by atoms with Gasteiger partial charge in [-0.15, -0.1) is 0 Å². The van der Waals surface area contributed by atoms with Crippen LogP contribution in [0, 0.1) is 46.0 Å². The van der Waals surface area contributed by atoms with Gasteiger partial charge in [-0.1, -0.05) is 0 Å². The molecule has 0 saturated carbocycles. The summed E-state index contributed by atoms with van der Waals surface area (Å²) in [6, 6.07) is 0. The van der Waals surface area contributed by atoms with Gasteiger partial charge in [0.05, 0.1) is 15.3 Å². The zero-order chi connectivity index (χ0) is 10.7. The fourth-order valence-electron chi connectivity index (χ4n) is 0. The van der Waals surface area contributed by atoms with Crippen molar-refractivity contribution in [2.24, 2.45) is 0 Å². The van der Waals surface area contributed by atoms with E-state index in [2.05, 4.69) is 0 Å². The Bertz CT molecular complexity index is 118. The van der Waals surface area contributed by atoms with Crippen molar-refractivity contribution in [1.29, 1.82) is 0 Å². The van der Waals surface area contributed by atoms with Crippen molar-refractivity contribution in [3.05, 3.63) is 46.0 Å². The van der Waals surface area contributed by atoms with Gasteiger partial charge in [0.1, 0.15) is 0 Å². The molecule has 0 heterocycles. The average Bonchev–Trinajstić information content (AvgIpc) is 1.54. The molecule has 0 N–H and O–H groups in total. The van der Waals surface area contributed by atoms with Gasteiger partial charge < -0.3 is 46.0 Å². The molecule has 77 valence electrons. The van der Waals surface area contributed by atoms with Gasteiger partial charge in [0.15, 0.2) is 0 Å². The average molecular weight is 264 g/mol. The standard InChI is InChI=1S/Mn.3NO3.Na/c;3*2-1(3)4;/q+2;3*-1;+1. The van der Waals surface area contributed by atoms with Gasteiger partial charge in [0.25, 0.3) is 0 Å². The Morgan fingerprint density at radius 3 is 0.571 bits per heavy atom. The maximum absolute atomic E-state index is 8.25. The van der Waals surface area contributed by atoms with E-state index in [1.54, 1.807) is 0 Å². The van der Waals surface area contributed by atoms with Crippen LogP contribution in [-0.2, 0) is 17.1 Å². The molecule has 12 nitrogen and oxygen atoms in total. The molecule has 1 radical (unpaired) electrons. The molecule has 0 saturated heterocycles. The smallest absolute Gasteiger partial charge is 0.356 e. The molecule has 0 unspecified atom stereocenters. The summed E-state index contributed by atoms with van der Waals surface area (Å²) < 4.78 is 0. The number of rotatable bonds is 0. The summed E-state index contributed by atoms with van der Waals surface area (Å²) in [7, 11) is 0. The van der Waals surface area contributed by atoms with Crippen LogP contribution >= 0.6 is 0 Å². The third kappa shape index (κ3) is 1470. The summed E-state index contributed by atoms with van der Waals surface area (Å²) in [5.74, 6) is 0. The van der Waals surface area contributed by atoms with E-state index in [0.717, 1.165) is 0 Å². The molecule has 0 fully saturated rings. The maximum atomic E-state index is 8.25. The Labute approximate surface area is 108 Å². The van der Waals surface area contributed by atoms with E-state index in [0.29, 0.717) is 0 Å². The van der Waals surface area contributed by atoms with Gasteiger partial charge in [0, 0.05) is 0 Å². The quantitative estimate of drug-likeness (QED) is 0.239. The largest absolute Gasteiger partial charge is 2.00 e. The molecule has 0 aliphatic heterocycles. The topological polar surface area (TPSA) is 199 Å². The third-order valence-electron chi connectivity index (χ3n) is 0. The molecule has 0 aliphatic carbocycles. The summed E-state index contributed by atoms with van der Waals surface area (Å²) >= 11 is 0. The van der Waals surface area contributed by atoms with Gasteiger partial charge in [-0.3, -0.25) is 0 Å². The second kappa shape index (κ2) is 22.7. The third-order valence-corrected chi connectivity index (χ3v) is 0. The zero-order valence-corrected chi connectivity index (χ0v) is 9.57. The van der Waals surface area contributed by atoms with Crippen LogP contribution in [0.5, 0.6) is 0 Å². The van der Waals surface area contributed by atoms with E-state index in [9.17, 15) is 0 Å². The number of hydrogen-bond acceptors (Lipinski definition) is 9. The minimum Gasteiger partial charge on any atom is -0.356 e. The molecule has 0 aromatic heterocycles. The summed E-state index contributed by atoms with van der Waals surface area (Å²) in [4.78, 5) is 24.8. The van der Waals surface area contributed by atoms with Crippen LogP contribution in [0.3, 0.4) is 0 Å². The van der Waals surface area contributed by atoms with E-state index in [4.69, 9.17) is 46.0 Å². The minimum absolute atomic E-state index is 0. The molecule has 14 heavy (non-hydrogen) atoms. The van der Waals surface area contributed by atoms with Crippen LogP contribution in [0.1, 0.15) is 0 Å². The van der Waals surface area contributed by atoms with Crippen molar-refractivity contribution in [2.45, 2.75) is 0 Å². The van der Waals surface area contributed by atoms with Crippen LogP contribution in [-0.4, -0.2) is 15.3 Å². The van der Waals surface area contributed by atoms with Crippen molar-refractivity contribution >= 4 is 0 Å². The van der Waals surface area contributed by atoms with Crippen molar-refractivity contribution < 1.29 is 61.9 Å². The SMILES string of the molecule is O=[N+]([O-])[O-].O=[N+]([O-])[O-].O=[N+]([O-])[O-].[Mn+2].[Na+]. The van der Waals surface area contributed by atoms with Gasteiger partial charge in [-0.2, -0.15) is 0 Å². The van der Waals surface area contributed by atoms with E-state index in [1.165, 1.54) is 0 Å². The Morgan fingerprint density at radius 1 is 0.571 bits per heavy atom. The minimum atomic E-state index is -1.75. The Kier molecular flexibility index (Phi) is 47.5. The zero-order valence-electron chi connectivity index (χ0n) is 6.39. The molecule has 0 atom stereocenters. The van der Waals surface area contributed by atoms with Crippen LogP contribution in [0.15, 0.2) is 0 Å². The van der Waals surface area contributed by atoms with Crippen molar-refractivity contribution in [2.75, 3.05) is 0 Å². The molecular weight excluding hydrogens is 264 g/mol. The molecule has 0 aliphatic rings. The van der Waals surface area contributed by atoms with Gasteiger partial charge >= 0.3 is 46.6 Å². The number of hydrogen-bond donors (Lipinski definition) is 0. The van der Waals surface area contributed by atoms with Crippen molar-refractivity contribution in [3.8, 4) is 0 Å². The van der Waals surface area contributed by atoms with Crippen molar-refractivity contribution in [3.63, 3.8) is 0 Å². The van der Waals surface area contributed by atoms with Crippen LogP contribution in [0.2, 0.25) is 0 Å². The second-order valence-electron chi connectivity index (χ2n) is 0.671. The predicted octanol–water partition coefficient (Wildman–Crippen LogP) is -3.72. The maximum Gasteiger partial charge on any atom is 2.00 e. The van der Waals surface area contributed by atoms with Gasteiger partial charge in [0.2, 0.25) is 0 Å². The Hall–Kier alpha value is -0.881. The normalized spacial score (nSPS) is 5.14. The van der Waals surface area contributed by atoms with E-state index < -0.39 is 15.3 Å². The second-order valence-corrected chi connectivity index (χ2v) is 0.671. The molecule has 0 spiro atoms. The molecule has 0 bridgehead atoms. The Balaban J connectivity index is -0.0000000270. The first-order valence-corrected chi connectivity index (χ1v) is 1.64. The molecule has 0 amide bonds. The molecular formula is MnN3NaO9. The molecule has 0 aromatic rings. The summed E-state index contributed by atoms with van der Waals surface area (Å²) in [5.41, 5.74) is 0. The first-order valence-electron chi connectivity index (χ1n) is 1.64. The van der Waals surface area contributed by atoms with Crippen LogP contribution in [0.25, 0.3) is 0 Å². The predicted molar refractivity (Wildman–Crippen MR) is 31.1 cm³/mol. The summed E-state index contributed by atoms with van der Waals surface area (Å²) in [6.07, 6.45) is 0. The Morgan fingerprint density at radius 2 is 0.571 bits per heavy atom. The molecule has 0 aromatic carbocycles. The summed E-state index contributed by atoms with van der Waals surface area (Å²) in [5, 5.41) is 44.2. The monoisotopic (exact) mass is 264 g/mol. The first-order chi connectivity index (χ1) is 5.20. The van der Waals surface area contributed by atoms with Crippen LogP contribution in [0.4, 0.5) is 0 Å².